The molecule has 1 aromatic heterocycles. The van der Waals surface area contributed by atoms with Crippen molar-refractivity contribution in [3.63, 3.8) is 0 Å². The van der Waals surface area contributed by atoms with Gasteiger partial charge in [0.1, 0.15) is 6.33 Å². The Kier molecular flexibility index (Phi) is 6.55. The number of ether oxygens (including phenoxy) is 1. The summed E-state index contributed by atoms with van der Waals surface area (Å²) < 4.78 is 7.20. The van der Waals surface area contributed by atoms with Crippen LogP contribution in [0, 0.1) is 6.92 Å². The van der Waals surface area contributed by atoms with Gasteiger partial charge in [-0.25, -0.2) is 9.59 Å². The Morgan fingerprint density at radius 3 is 2.66 bits per heavy atom. The molecular formula is C23H23N5O3S. The third kappa shape index (κ3) is 4.52. The van der Waals surface area contributed by atoms with Gasteiger partial charge < -0.3 is 15.4 Å². The lowest BCUT2D eigenvalue weighted by Gasteiger charge is -2.29. The first-order valence-electron chi connectivity index (χ1n) is 10.2. The Bertz CT molecular complexity index is 1160. The van der Waals surface area contributed by atoms with Gasteiger partial charge in [-0.15, -0.1) is 10.2 Å². The Labute approximate surface area is 190 Å². The fraction of sp³-hybridized carbons (Fsp3) is 0.217. The number of carbonyl (C=O) groups is 2. The molecule has 8 nitrogen and oxygen atoms in total. The fourth-order valence-corrected chi connectivity index (χ4v) is 4.43. The Balaban J connectivity index is 1.67. The van der Waals surface area contributed by atoms with E-state index in [1.54, 1.807) is 13.3 Å². The Hall–Kier alpha value is -3.59. The van der Waals surface area contributed by atoms with Gasteiger partial charge in [-0.3, -0.25) is 4.57 Å². The minimum Gasteiger partial charge on any atom is -0.463 e. The number of nitrogens with one attached hydrogen (secondary N) is 2. The highest BCUT2D eigenvalue weighted by atomic mass is 32.2. The van der Waals surface area contributed by atoms with Crippen LogP contribution >= 0.6 is 11.8 Å². The van der Waals surface area contributed by atoms with Crippen molar-refractivity contribution < 1.29 is 14.3 Å². The monoisotopic (exact) mass is 449 g/mol. The van der Waals surface area contributed by atoms with Gasteiger partial charge in [-0.05, 0) is 31.0 Å². The molecule has 32 heavy (non-hydrogen) atoms. The summed E-state index contributed by atoms with van der Waals surface area (Å²) in [4.78, 5) is 25.3. The summed E-state index contributed by atoms with van der Waals surface area (Å²) in [5.74, 6) is -0.153. The Morgan fingerprint density at radius 2 is 1.91 bits per heavy atom. The van der Waals surface area contributed by atoms with Gasteiger partial charge in [-0.2, -0.15) is 0 Å². The standard InChI is InChI=1S/C23H23N5O3S/c1-3-31-21(29)19-17(25-22(30)26-20(19)16-10-5-4-6-11-16)13-32-23-27-24-14-28(23)18-12-8-7-9-15(18)2/h4-12,14,20H,3,13H2,1-2H3,(H2,25,26,30)/t20-/m0/s1. The van der Waals surface area contributed by atoms with Crippen molar-refractivity contribution in [3.05, 3.63) is 83.3 Å². The molecule has 2 amide bonds. The van der Waals surface area contributed by atoms with E-state index in [0.717, 1.165) is 16.8 Å². The highest BCUT2D eigenvalue weighted by molar-refractivity contribution is 7.99. The number of amides is 2. The number of urea groups is 1. The number of rotatable bonds is 7. The normalized spacial score (nSPS) is 15.8. The van der Waals surface area contributed by atoms with Crippen molar-refractivity contribution in [2.45, 2.75) is 25.0 Å². The number of benzene rings is 2. The predicted octanol–water partition coefficient (Wildman–Crippen LogP) is 3.54. The second kappa shape index (κ2) is 9.69. The summed E-state index contributed by atoms with van der Waals surface area (Å²) in [6.07, 6.45) is 1.65. The molecule has 0 aliphatic carbocycles. The zero-order chi connectivity index (χ0) is 22.5. The third-order valence-corrected chi connectivity index (χ3v) is 5.99. The number of aryl methyl sites for hydroxylation is 1. The van der Waals surface area contributed by atoms with Crippen LogP contribution in [0.25, 0.3) is 5.69 Å². The van der Waals surface area contributed by atoms with Gasteiger partial charge in [-0.1, -0.05) is 60.3 Å². The number of nitrogens with zero attached hydrogens (tertiary/aromatic N) is 3. The molecular weight excluding hydrogens is 426 g/mol. The van der Waals surface area contributed by atoms with Crippen molar-refractivity contribution in [2.75, 3.05) is 12.4 Å². The van der Waals surface area contributed by atoms with Crippen molar-refractivity contribution >= 4 is 23.8 Å². The summed E-state index contributed by atoms with van der Waals surface area (Å²) in [6, 6.07) is 16.3. The van der Waals surface area contributed by atoms with Gasteiger partial charge in [0.25, 0.3) is 0 Å². The second-order valence-corrected chi connectivity index (χ2v) is 8.06. The van der Waals surface area contributed by atoms with Crippen molar-refractivity contribution in [3.8, 4) is 5.69 Å². The largest absolute Gasteiger partial charge is 0.463 e. The van der Waals surface area contributed by atoms with E-state index < -0.39 is 12.0 Å². The first-order chi connectivity index (χ1) is 15.6. The second-order valence-electron chi connectivity index (χ2n) is 7.11. The van der Waals surface area contributed by atoms with E-state index in [0.29, 0.717) is 22.2 Å². The van der Waals surface area contributed by atoms with Crippen molar-refractivity contribution in [2.24, 2.45) is 0 Å². The molecule has 0 saturated carbocycles. The molecule has 2 aromatic carbocycles. The molecule has 3 aromatic rings. The SMILES string of the molecule is CCOC(=O)C1=C(CSc2nncn2-c2ccccc2C)NC(=O)N[C@H]1c1ccccc1. The molecule has 1 atom stereocenters. The molecule has 4 rings (SSSR count). The number of hydrogen-bond acceptors (Lipinski definition) is 6. The molecule has 2 N–H and O–H groups in total. The quantitative estimate of drug-likeness (QED) is 0.423. The summed E-state index contributed by atoms with van der Waals surface area (Å²) in [6.45, 7) is 4.01. The van der Waals surface area contributed by atoms with Crippen LogP contribution in [0.2, 0.25) is 0 Å². The first-order valence-corrected chi connectivity index (χ1v) is 11.2. The van der Waals surface area contributed by atoms with Gasteiger partial charge in [0.05, 0.1) is 23.9 Å². The number of thioether (sulfide) groups is 1. The molecule has 2 heterocycles. The molecule has 164 valence electrons. The van der Waals surface area contributed by atoms with Crippen LogP contribution < -0.4 is 10.6 Å². The van der Waals surface area contributed by atoms with Crippen molar-refractivity contribution in [1.82, 2.24) is 25.4 Å². The molecule has 0 radical (unpaired) electrons. The summed E-state index contributed by atoms with van der Waals surface area (Å²) >= 11 is 1.38. The fourth-order valence-electron chi connectivity index (χ4n) is 3.54. The molecule has 1 aliphatic rings. The van der Waals surface area contributed by atoms with Crippen LogP contribution in [0.3, 0.4) is 0 Å². The average Bonchev–Trinajstić information content (AvgIpc) is 3.26. The highest BCUT2D eigenvalue weighted by Gasteiger charge is 2.33. The minimum atomic E-state index is -0.603. The van der Waals surface area contributed by atoms with E-state index in [1.165, 1.54) is 11.8 Å². The van der Waals surface area contributed by atoms with Crippen molar-refractivity contribution in [1.29, 1.82) is 0 Å². The lowest BCUT2D eigenvalue weighted by Crippen LogP contribution is -2.46. The van der Waals surface area contributed by atoms with Gasteiger partial charge in [0.2, 0.25) is 0 Å². The molecule has 0 spiro atoms. The topological polar surface area (TPSA) is 98.1 Å². The number of para-hydroxylation sites is 1. The van der Waals surface area contributed by atoms with Crippen LogP contribution in [-0.2, 0) is 9.53 Å². The molecule has 1 aliphatic heterocycles. The number of carbonyl (C=O) groups excluding carboxylic acids is 2. The number of hydrogen-bond donors (Lipinski definition) is 2. The highest BCUT2D eigenvalue weighted by Crippen LogP contribution is 2.31. The summed E-state index contributed by atoms with van der Waals surface area (Å²) in [5.41, 5.74) is 3.73. The first kappa shape index (κ1) is 21.6. The predicted molar refractivity (Wildman–Crippen MR) is 121 cm³/mol. The summed E-state index contributed by atoms with van der Waals surface area (Å²) in [7, 11) is 0. The van der Waals surface area contributed by atoms with E-state index in [9.17, 15) is 9.59 Å². The lowest BCUT2D eigenvalue weighted by molar-refractivity contribution is -0.139. The molecule has 0 saturated heterocycles. The van der Waals surface area contributed by atoms with Crippen LogP contribution in [-0.4, -0.2) is 39.1 Å². The van der Waals surface area contributed by atoms with E-state index >= 15 is 0 Å². The maximum absolute atomic E-state index is 12.9. The molecule has 9 heteroatoms. The smallest absolute Gasteiger partial charge is 0.338 e. The van der Waals surface area contributed by atoms with Crippen LogP contribution in [0.15, 0.2) is 77.4 Å². The third-order valence-electron chi connectivity index (χ3n) is 5.02. The minimum absolute atomic E-state index is 0.236. The summed E-state index contributed by atoms with van der Waals surface area (Å²) in [5, 5.41) is 14.6. The van der Waals surface area contributed by atoms with Crippen LogP contribution in [0.5, 0.6) is 0 Å². The zero-order valence-corrected chi connectivity index (χ0v) is 18.6. The maximum atomic E-state index is 12.9. The van der Waals surface area contributed by atoms with Gasteiger partial charge in [0, 0.05) is 11.4 Å². The number of aromatic nitrogens is 3. The molecule has 0 bridgehead atoms. The molecule has 0 unspecified atom stereocenters. The average molecular weight is 450 g/mol. The Morgan fingerprint density at radius 1 is 1.16 bits per heavy atom. The van der Waals surface area contributed by atoms with Crippen LogP contribution in [0.1, 0.15) is 24.1 Å². The lowest BCUT2D eigenvalue weighted by atomic mass is 9.95. The molecule has 0 fully saturated rings. The van der Waals surface area contributed by atoms with E-state index in [-0.39, 0.29) is 12.6 Å². The zero-order valence-electron chi connectivity index (χ0n) is 17.7. The van der Waals surface area contributed by atoms with Gasteiger partial charge >= 0.3 is 12.0 Å². The van der Waals surface area contributed by atoms with Gasteiger partial charge in [0.15, 0.2) is 5.16 Å². The van der Waals surface area contributed by atoms with E-state index in [1.807, 2.05) is 66.1 Å². The maximum Gasteiger partial charge on any atom is 0.338 e. The number of esters is 1. The van der Waals surface area contributed by atoms with E-state index in [4.69, 9.17) is 4.74 Å². The van der Waals surface area contributed by atoms with E-state index in [2.05, 4.69) is 20.8 Å². The van der Waals surface area contributed by atoms with Crippen LogP contribution in [0.4, 0.5) is 4.79 Å².